The predicted molar refractivity (Wildman–Crippen MR) is 103 cm³/mol. The summed E-state index contributed by atoms with van der Waals surface area (Å²) in [6.45, 7) is 0. The van der Waals surface area contributed by atoms with Crippen molar-refractivity contribution in [3.63, 3.8) is 0 Å². The third-order valence-electron chi connectivity index (χ3n) is 4.36. The molecule has 0 unspecified atom stereocenters. The Hall–Kier alpha value is -2.52. The fraction of sp³-hybridized carbons (Fsp3) is 0.350. The number of fused-ring (bicyclic) bond motifs is 1. The summed E-state index contributed by atoms with van der Waals surface area (Å²) in [5.74, 6) is 0.658. The van der Waals surface area contributed by atoms with Crippen LogP contribution in [0.4, 0.5) is 5.69 Å². The van der Waals surface area contributed by atoms with Crippen molar-refractivity contribution in [2.45, 2.75) is 37.1 Å². The van der Waals surface area contributed by atoms with E-state index in [9.17, 15) is 10.1 Å². The summed E-state index contributed by atoms with van der Waals surface area (Å²) >= 11 is 1.31. The van der Waals surface area contributed by atoms with E-state index in [1.54, 1.807) is 19.2 Å². The molecule has 0 radical (unpaired) electrons. The lowest BCUT2D eigenvalue weighted by molar-refractivity contribution is -0.113. The van der Waals surface area contributed by atoms with Crippen LogP contribution in [0.2, 0.25) is 0 Å². The van der Waals surface area contributed by atoms with Crippen LogP contribution in [0, 0.1) is 11.3 Å². The van der Waals surface area contributed by atoms with Crippen LogP contribution in [0.5, 0.6) is 5.75 Å². The van der Waals surface area contributed by atoms with E-state index in [1.165, 1.54) is 23.7 Å². The largest absolute Gasteiger partial charge is 0.495 e. The molecular weight excluding hydrogens is 346 g/mol. The van der Waals surface area contributed by atoms with Gasteiger partial charge in [-0.1, -0.05) is 30.3 Å². The summed E-state index contributed by atoms with van der Waals surface area (Å²) in [6, 6.07) is 11.5. The van der Waals surface area contributed by atoms with Crippen molar-refractivity contribution in [1.29, 1.82) is 5.26 Å². The van der Waals surface area contributed by atoms with Crippen molar-refractivity contribution in [3.8, 4) is 11.8 Å². The van der Waals surface area contributed by atoms with Gasteiger partial charge in [0.1, 0.15) is 16.8 Å². The number of carbonyl (C=O) groups excluding carboxylic acids is 1. The van der Waals surface area contributed by atoms with Crippen molar-refractivity contribution in [3.05, 3.63) is 47.2 Å². The van der Waals surface area contributed by atoms with Crippen molar-refractivity contribution < 1.29 is 9.53 Å². The summed E-state index contributed by atoms with van der Waals surface area (Å²) in [5, 5.41) is 12.9. The van der Waals surface area contributed by atoms with E-state index in [2.05, 4.69) is 11.4 Å². The summed E-state index contributed by atoms with van der Waals surface area (Å²) < 4.78 is 5.24. The second-order valence-corrected chi connectivity index (χ2v) is 7.12. The molecule has 26 heavy (non-hydrogen) atoms. The molecular formula is C20H21N3O2S. The first-order chi connectivity index (χ1) is 12.7. The van der Waals surface area contributed by atoms with E-state index < -0.39 is 0 Å². The van der Waals surface area contributed by atoms with E-state index >= 15 is 0 Å². The summed E-state index contributed by atoms with van der Waals surface area (Å²) in [7, 11) is 1.57. The zero-order valence-corrected chi connectivity index (χ0v) is 15.6. The number of nitrogens with one attached hydrogen (secondary N) is 1. The molecule has 1 aliphatic carbocycles. The number of anilines is 1. The zero-order chi connectivity index (χ0) is 18.4. The maximum Gasteiger partial charge on any atom is 0.234 e. The van der Waals surface area contributed by atoms with Gasteiger partial charge in [-0.2, -0.15) is 5.26 Å². The van der Waals surface area contributed by atoms with Crippen LogP contribution in [-0.4, -0.2) is 23.8 Å². The Balaban J connectivity index is 1.70. The van der Waals surface area contributed by atoms with Crippen LogP contribution >= 0.6 is 11.8 Å². The van der Waals surface area contributed by atoms with Gasteiger partial charge >= 0.3 is 0 Å². The van der Waals surface area contributed by atoms with Gasteiger partial charge in [-0.05, 0) is 49.4 Å². The Morgan fingerprint density at radius 2 is 2.12 bits per heavy atom. The number of aromatic nitrogens is 1. The maximum atomic E-state index is 12.3. The number of aryl methyl sites for hydroxylation is 2. The van der Waals surface area contributed by atoms with Crippen LogP contribution in [0.15, 0.2) is 35.4 Å². The molecule has 0 saturated carbocycles. The molecule has 2 aromatic rings. The number of ether oxygens (including phenoxy) is 1. The molecule has 1 aromatic carbocycles. The molecule has 1 heterocycles. The van der Waals surface area contributed by atoms with Gasteiger partial charge in [0.25, 0.3) is 0 Å². The fourth-order valence-corrected chi connectivity index (χ4v) is 3.82. The van der Waals surface area contributed by atoms with Crippen molar-refractivity contribution in [2.75, 3.05) is 18.2 Å². The third-order valence-corrected chi connectivity index (χ3v) is 5.35. The van der Waals surface area contributed by atoms with Gasteiger partial charge in [-0.25, -0.2) is 4.98 Å². The van der Waals surface area contributed by atoms with Crippen LogP contribution < -0.4 is 10.1 Å². The summed E-state index contributed by atoms with van der Waals surface area (Å²) in [6.07, 6.45) is 5.40. The van der Waals surface area contributed by atoms with Crippen molar-refractivity contribution in [2.24, 2.45) is 0 Å². The smallest absolute Gasteiger partial charge is 0.234 e. The Bertz CT molecular complexity index is 845. The van der Waals surface area contributed by atoms with Gasteiger partial charge in [-0.3, -0.25) is 4.79 Å². The molecule has 0 spiro atoms. The van der Waals surface area contributed by atoms with Crippen LogP contribution in [0.25, 0.3) is 0 Å². The average molecular weight is 367 g/mol. The molecule has 3 rings (SSSR count). The highest BCUT2D eigenvalue weighted by atomic mass is 32.2. The number of thioether (sulfide) groups is 1. The molecule has 0 atom stereocenters. The average Bonchev–Trinajstić information content (AvgIpc) is 2.90. The van der Waals surface area contributed by atoms with Crippen LogP contribution in [0.1, 0.15) is 36.1 Å². The van der Waals surface area contributed by atoms with Gasteiger partial charge in [0.2, 0.25) is 5.91 Å². The minimum atomic E-state index is -0.153. The Labute approximate surface area is 157 Å². The molecule has 1 amide bonds. The summed E-state index contributed by atoms with van der Waals surface area (Å²) in [5.41, 5.74) is 3.45. The number of pyridine rings is 1. The van der Waals surface area contributed by atoms with Crippen molar-refractivity contribution >= 4 is 23.4 Å². The van der Waals surface area contributed by atoms with E-state index in [1.807, 2.05) is 18.2 Å². The molecule has 1 N–H and O–H groups in total. The Morgan fingerprint density at radius 3 is 2.92 bits per heavy atom. The number of rotatable bonds is 5. The highest BCUT2D eigenvalue weighted by molar-refractivity contribution is 8.00. The number of amides is 1. The second-order valence-electron chi connectivity index (χ2n) is 6.16. The number of hydrogen-bond acceptors (Lipinski definition) is 5. The second kappa shape index (κ2) is 8.72. The van der Waals surface area contributed by atoms with E-state index in [0.717, 1.165) is 31.4 Å². The van der Waals surface area contributed by atoms with Gasteiger partial charge in [-0.15, -0.1) is 0 Å². The first-order valence-corrected chi connectivity index (χ1v) is 9.68. The topological polar surface area (TPSA) is 75.0 Å². The number of nitriles is 1. The van der Waals surface area contributed by atoms with Crippen molar-refractivity contribution in [1.82, 2.24) is 4.98 Å². The molecule has 5 nitrogen and oxygen atoms in total. The molecule has 6 heteroatoms. The molecule has 1 aliphatic rings. The molecule has 1 aromatic heterocycles. The minimum absolute atomic E-state index is 0.153. The highest BCUT2D eigenvalue weighted by Gasteiger charge is 2.16. The first-order valence-electron chi connectivity index (χ1n) is 8.70. The number of carbonyl (C=O) groups is 1. The third kappa shape index (κ3) is 4.36. The van der Waals surface area contributed by atoms with Crippen LogP contribution in [-0.2, 0) is 17.6 Å². The fourth-order valence-electron chi connectivity index (χ4n) is 3.05. The van der Waals surface area contributed by atoms with E-state index in [4.69, 9.17) is 9.72 Å². The monoisotopic (exact) mass is 367 g/mol. The van der Waals surface area contributed by atoms with Gasteiger partial charge in [0, 0.05) is 5.69 Å². The molecule has 0 fully saturated rings. The molecule has 0 bridgehead atoms. The maximum absolute atomic E-state index is 12.3. The van der Waals surface area contributed by atoms with E-state index in [0.29, 0.717) is 22.0 Å². The Kier molecular flexibility index (Phi) is 6.13. The van der Waals surface area contributed by atoms with Gasteiger partial charge in [0.05, 0.1) is 24.1 Å². The minimum Gasteiger partial charge on any atom is -0.495 e. The lowest BCUT2D eigenvalue weighted by Gasteiger charge is -2.11. The molecule has 0 saturated heterocycles. The number of methoxy groups -OCH3 is 1. The lowest BCUT2D eigenvalue weighted by atomic mass is 10.1. The Morgan fingerprint density at radius 1 is 1.31 bits per heavy atom. The number of para-hydroxylation sites is 2. The van der Waals surface area contributed by atoms with E-state index in [-0.39, 0.29) is 11.7 Å². The predicted octanol–water partition coefficient (Wildman–Crippen LogP) is 3.96. The number of hydrogen-bond donors (Lipinski definition) is 1. The standard InChI is InChI=1S/C20H21N3O2S/c1-25-18-10-6-5-9-17(18)22-19(24)13-26-20-15(12-21)11-14-7-3-2-4-8-16(14)23-20/h5-6,9-11H,2-4,7-8,13H2,1H3,(H,22,24). The quantitative estimate of drug-likeness (QED) is 0.639. The van der Waals surface area contributed by atoms with Gasteiger partial charge in [0.15, 0.2) is 0 Å². The SMILES string of the molecule is COc1ccccc1NC(=O)CSc1nc2c(cc1C#N)CCCCC2. The van der Waals surface area contributed by atoms with Crippen LogP contribution in [0.3, 0.4) is 0 Å². The first kappa shape index (κ1) is 18.3. The summed E-state index contributed by atoms with van der Waals surface area (Å²) in [4.78, 5) is 17.0. The van der Waals surface area contributed by atoms with Gasteiger partial charge < -0.3 is 10.1 Å². The molecule has 134 valence electrons. The highest BCUT2D eigenvalue weighted by Crippen LogP contribution is 2.28. The molecule has 0 aliphatic heterocycles. The zero-order valence-electron chi connectivity index (χ0n) is 14.7. The lowest BCUT2D eigenvalue weighted by Crippen LogP contribution is -2.15. The normalized spacial score (nSPS) is 13.2. The number of nitrogens with zero attached hydrogens (tertiary/aromatic N) is 2. The number of benzene rings is 1.